The van der Waals surface area contributed by atoms with Crippen LogP contribution in [0.1, 0.15) is 23.5 Å². The van der Waals surface area contributed by atoms with Gasteiger partial charge in [-0.3, -0.25) is 4.79 Å². The largest absolute Gasteiger partial charge is 0.493 e. The number of carbonyl (C=O) groups excluding carboxylic acids is 1. The van der Waals surface area contributed by atoms with Crippen molar-refractivity contribution in [1.82, 2.24) is 9.78 Å². The Morgan fingerprint density at radius 2 is 1.72 bits per heavy atom. The molecule has 1 amide bonds. The van der Waals surface area contributed by atoms with E-state index < -0.39 is 0 Å². The summed E-state index contributed by atoms with van der Waals surface area (Å²) < 4.78 is 18.2. The monoisotopic (exact) mass is 413 g/mol. The van der Waals surface area contributed by atoms with Crippen molar-refractivity contribution in [1.29, 1.82) is 0 Å². The summed E-state index contributed by atoms with van der Waals surface area (Å²) in [5, 5.41) is 8.07. The van der Waals surface area contributed by atoms with Gasteiger partial charge in [-0.25, -0.2) is 4.68 Å². The first-order valence-electron chi connectivity index (χ1n) is 9.00. The molecule has 3 aromatic rings. The highest BCUT2D eigenvalue weighted by Gasteiger charge is 2.33. The molecule has 0 unspecified atom stereocenters. The van der Waals surface area contributed by atoms with Crippen molar-refractivity contribution in [3.05, 3.63) is 58.7 Å². The Balaban J connectivity index is 1.85. The zero-order valence-corrected chi connectivity index (χ0v) is 17.0. The number of nitrogens with zero attached hydrogens (tertiary/aromatic N) is 2. The van der Waals surface area contributed by atoms with Gasteiger partial charge in [-0.15, -0.1) is 0 Å². The summed E-state index contributed by atoms with van der Waals surface area (Å²) in [7, 11) is 4.70. The smallest absolute Gasteiger partial charge is 0.226 e. The van der Waals surface area contributed by atoms with Crippen LogP contribution in [0.5, 0.6) is 17.2 Å². The molecule has 2 aromatic carbocycles. The van der Waals surface area contributed by atoms with Crippen LogP contribution < -0.4 is 19.5 Å². The fraction of sp³-hybridized carbons (Fsp3) is 0.238. The predicted octanol–water partition coefficient (Wildman–Crippen LogP) is 4.03. The minimum absolute atomic E-state index is 0.102. The minimum atomic E-state index is -0.241. The van der Waals surface area contributed by atoms with Gasteiger partial charge in [0, 0.05) is 28.5 Å². The summed E-state index contributed by atoms with van der Waals surface area (Å²) in [4.78, 5) is 12.6. The summed E-state index contributed by atoms with van der Waals surface area (Å²) in [6.07, 6.45) is 2.04. The number of aromatic nitrogens is 2. The first-order valence-corrected chi connectivity index (χ1v) is 9.37. The molecule has 1 atom stereocenters. The molecular formula is C21H20ClN3O4. The minimum Gasteiger partial charge on any atom is -0.493 e. The Morgan fingerprint density at radius 1 is 1.00 bits per heavy atom. The van der Waals surface area contributed by atoms with Gasteiger partial charge in [-0.05, 0) is 30.3 Å². The highest BCUT2D eigenvalue weighted by molar-refractivity contribution is 6.30. The van der Waals surface area contributed by atoms with Crippen LogP contribution in [-0.4, -0.2) is 37.0 Å². The number of rotatable bonds is 5. The van der Waals surface area contributed by atoms with Crippen LogP contribution in [0, 0.1) is 0 Å². The van der Waals surface area contributed by atoms with Crippen molar-refractivity contribution in [2.75, 3.05) is 26.6 Å². The Labute approximate surface area is 173 Å². The number of ether oxygens (including phenoxy) is 3. The summed E-state index contributed by atoms with van der Waals surface area (Å²) >= 11 is 5.99. The number of carbonyl (C=O) groups is 1. The van der Waals surface area contributed by atoms with Gasteiger partial charge in [0.1, 0.15) is 5.82 Å². The standard InChI is InChI=1S/C21H20ClN3O4/c1-27-17-9-8-14(19(28-2)20(17)29-3)15-10-18(26)24-21-16(15)11-23-25(21)13-6-4-12(22)5-7-13/h4-9,11,15H,10H2,1-3H3,(H,24,26)/t15-/m0/s1. The summed E-state index contributed by atoms with van der Waals surface area (Å²) in [5.74, 6) is 1.88. The molecule has 7 nitrogen and oxygen atoms in total. The third-order valence-corrected chi connectivity index (χ3v) is 5.25. The summed E-state index contributed by atoms with van der Waals surface area (Å²) in [6.45, 7) is 0. The van der Waals surface area contributed by atoms with Crippen molar-refractivity contribution in [2.45, 2.75) is 12.3 Å². The number of hydrogen-bond donors (Lipinski definition) is 1. The molecule has 29 heavy (non-hydrogen) atoms. The molecule has 0 spiro atoms. The second-order valence-corrected chi connectivity index (χ2v) is 7.00. The van der Waals surface area contributed by atoms with Crippen molar-refractivity contribution in [3.8, 4) is 22.9 Å². The number of nitrogens with one attached hydrogen (secondary N) is 1. The molecule has 8 heteroatoms. The number of anilines is 1. The van der Waals surface area contributed by atoms with E-state index in [9.17, 15) is 4.79 Å². The highest BCUT2D eigenvalue weighted by atomic mass is 35.5. The molecule has 0 saturated heterocycles. The van der Waals surface area contributed by atoms with Gasteiger partial charge in [0.05, 0.1) is 33.2 Å². The van der Waals surface area contributed by atoms with Gasteiger partial charge < -0.3 is 19.5 Å². The lowest BCUT2D eigenvalue weighted by molar-refractivity contribution is -0.116. The Hall–Kier alpha value is -3.19. The van der Waals surface area contributed by atoms with E-state index >= 15 is 0 Å². The van der Waals surface area contributed by atoms with Crippen LogP contribution in [0.25, 0.3) is 5.69 Å². The van der Waals surface area contributed by atoms with Crippen LogP contribution in [0.4, 0.5) is 5.82 Å². The number of hydrogen-bond acceptors (Lipinski definition) is 5. The second kappa shape index (κ2) is 7.67. The van der Waals surface area contributed by atoms with E-state index in [-0.39, 0.29) is 18.2 Å². The van der Waals surface area contributed by atoms with Crippen LogP contribution in [0.3, 0.4) is 0 Å². The van der Waals surface area contributed by atoms with Crippen LogP contribution in [0.15, 0.2) is 42.6 Å². The van der Waals surface area contributed by atoms with Gasteiger partial charge in [-0.2, -0.15) is 5.10 Å². The lowest BCUT2D eigenvalue weighted by Gasteiger charge is -2.26. The lowest BCUT2D eigenvalue weighted by Crippen LogP contribution is -2.25. The Morgan fingerprint density at radius 3 is 2.38 bits per heavy atom. The van der Waals surface area contributed by atoms with Gasteiger partial charge >= 0.3 is 0 Å². The average Bonchev–Trinajstić information content (AvgIpc) is 3.16. The van der Waals surface area contributed by atoms with Crippen molar-refractivity contribution < 1.29 is 19.0 Å². The summed E-state index contributed by atoms with van der Waals surface area (Å²) in [5.41, 5.74) is 2.53. The molecule has 0 aliphatic carbocycles. The Kier molecular flexibility index (Phi) is 5.07. The molecular weight excluding hydrogens is 394 g/mol. The van der Waals surface area contributed by atoms with E-state index in [0.717, 1.165) is 16.8 Å². The molecule has 0 radical (unpaired) electrons. The van der Waals surface area contributed by atoms with E-state index in [1.54, 1.807) is 44.3 Å². The van der Waals surface area contributed by atoms with Crippen LogP contribution >= 0.6 is 11.6 Å². The first kappa shape index (κ1) is 19.1. The number of amides is 1. The maximum absolute atomic E-state index is 12.6. The van der Waals surface area contributed by atoms with Crippen LogP contribution in [0.2, 0.25) is 5.02 Å². The van der Waals surface area contributed by atoms with Crippen molar-refractivity contribution >= 4 is 23.3 Å². The predicted molar refractivity (Wildman–Crippen MR) is 110 cm³/mol. The van der Waals surface area contributed by atoms with Crippen LogP contribution in [-0.2, 0) is 4.79 Å². The third kappa shape index (κ3) is 3.27. The molecule has 0 saturated carbocycles. The molecule has 1 aliphatic heterocycles. The molecule has 0 bridgehead atoms. The molecule has 1 N–H and O–H groups in total. The van der Waals surface area contributed by atoms with E-state index in [2.05, 4.69) is 10.4 Å². The molecule has 1 aromatic heterocycles. The fourth-order valence-electron chi connectivity index (χ4n) is 3.67. The van der Waals surface area contributed by atoms with Gasteiger partial charge in [0.15, 0.2) is 11.5 Å². The average molecular weight is 414 g/mol. The first-order chi connectivity index (χ1) is 14.1. The third-order valence-electron chi connectivity index (χ3n) is 5.00. The van der Waals surface area contributed by atoms with E-state index in [4.69, 9.17) is 25.8 Å². The summed E-state index contributed by atoms with van der Waals surface area (Å²) in [6, 6.07) is 11.0. The SMILES string of the molecule is COc1ccc([C@@H]2CC(=O)Nc3c2cnn3-c2ccc(Cl)cc2)c(OC)c1OC. The molecule has 150 valence electrons. The van der Waals surface area contributed by atoms with E-state index in [0.29, 0.717) is 28.1 Å². The van der Waals surface area contributed by atoms with Crippen molar-refractivity contribution in [3.63, 3.8) is 0 Å². The van der Waals surface area contributed by atoms with E-state index in [1.165, 1.54) is 0 Å². The lowest BCUT2D eigenvalue weighted by atomic mass is 9.86. The number of benzene rings is 2. The highest BCUT2D eigenvalue weighted by Crippen LogP contribution is 2.47. The zero-order chi connectivity index (χ0) is 20.5. The number of fused-ring (bicyclic) bond motifs is 1. The molecule has 1 aliphatic rings. The zero-order valence-electron chi connectivity index (χ0n) is 16.2. The van der Waals surface area contributed by atoms with Crippen molar-refractivity contribution in [2.24, 2.45) is 0 Å². The molecule has 4 rings (SSSR count). The van der Waals surface area contributed by atoms with Gasteiger partial charge in [-0.1, -0.05) is 17.7 Å². The quantitative estimate of drug-likeness (QED) is 0.683. The molecule has 0 fully saturated rings. The Bertz CT molecular complexity index is 1060. The topological polar surface area (TPSA) is 74.6 Å². The molecule has 2 heterocycles. The number of halogens is 1. The van der Waals surface area contributed by atoms with E-state index in [1.807, 2.05) is 24.3 Å². The van der Waals surface area contributed by atoms with Gasteiger partial charge in [0.2, 0.25) is 11.7 Å². The van der Waals surface area contributed by atoms with Gasteiger partial charge in [0.25, 0.3) is 0 Å². The maximum atomic E-state index is 12.6. The fourth-order valence-corrected chi connectivity index (χ4v) is 3.80. The maximum Gasteiger partial charge on any atom is 0.226 e. The second-order valence-electron chi connectivity index (χ2n) is 6.57. The number of methoxy groups -OCH3 is 3. The normalized spacial score (nSPS) is 15.4.